The van der Waals surface area contributed by atoms with Gasteiger partial charge in [-0.3, -0.25) is 4.79 Å². The summed E-state index contributed by atoms with van der Waals surface area (Å²) in [6, 6.07) is 12.1. The van der Waals surface area contributed by atoms with Gasteiger partial charge < -0.3 is 20.1 Å². The average molecular weight is 349 g/mol. The van der Waals surface area contributed by atoms with Crippen molar-refractivity contribution in [2.45, 2.75) is 19.9 Å². The van der Waals surface area contributed by atoms with Crippen molar-refractivity contribution in [2.24, 2.45) is 0 Å². The smallest absolute Gasteiger partial charge is 0.246 e. The van der Waals surface area contributed by atoms with Gasteiger partial charge in [-0.1, -0.05) is 11.6 Å². The van der Waals surface area contributed by atoms with E-state index in [2.05, 4.69) is 10.6 Å². The lowest BCUT2D eigenvalue weighted by molar-refractivity contribution is -0.116. The van der Waals surface area contributed by atoms with E-state index >= 15 is 0 Å². The maximum atomic E-state index is 12.4. The highest BCUT2D eigenvalue weighted by Crippen LogP contribution is 2.28. The number of methoxy groups -OCH3 is 1. The summed E-state index contributed by atoms with van der Waals surface area (Å²) in [5.41, 5.74) is 1.37. The molecule has 0 aliphatic carbocycles. The number of nitrogens with one attached hydrogen (secondary N) is 2. The Morgan fingerprint density at radius 3 is 2.54 bits per heavy atom. The van der Waals surface area contributed by atoms with Gasteiger partial charge in [-0.2, -0.15) is 0 Å². The third-order valence-corrected chi connectivity index (χ3v) is 3.60. The Morgan fingerprint density at radius 2 is 1.92 bits per heavy atom. The Morgan fingerprint density at radius 1 is 1.21 bits per heavy atom. The molecule has 0 spiro atoms. The third-order valence-electron chi connectivity index (χ3n) is 3.36. The van der Waals surface area contributed by atoms with Gasteiger partial charge in [0, 0.05) is 10.7 Å². The zero-order valence-electron chi connectivity index (χ0n) is 13.9. The zero-order chi connectivity index (χ0) is 17.5. The highest BCUT2D eigenvalue weighted by Gasteiger charge is 2.15. The molecule has 24 heavy (non-hydrogen) atoms. The first-order chi connectivity index (χ1) is 11.5. The molecule has 0 radical (unpaired) electrons. The van der Waals surface area contributed by atoms with E-state index in [9.17, 15) is 4.79 Å². The normalized spacial score (nSPS) is 11.5. The summed E-state index contributed by atoms with van der Waals surface area (Å²) in [6.45, 7) is 4.33. The van der Waals surface area contributed by atoms with Gasteiger partial charge in [-0.05, 0) is 56.3 Å². The first kappa shape index (κ1) is 17.9. The van der Waals surface area contributed by atoms with Crippen LogP contribution in [0.15, 0.2) is 42.5 Å². The molecule has 0 heterocycles. The third kappa shape index (κ3) is 4.80. The molecular formula is C18H21ClN2O3. The summed E-state index contributed by atoms with van der Waals surface area (Å²) < 4.78 is 10.6. The van der Waals surface area contributed by atoms with Gasteiger partial charge in [0.2, 0.25) is 5.91 Å². The molecule has 1 amide bonds. The molecule has 0 fully saturated rings. The molecule has 128 valence electrons. The van der Waals surface area contributed by atoms with Crippen LogP contribution in [0.25, 0.3) is 0 Å². The van der Waals surface area contributed by atoms with Crippen LogP contribution in [0.1, 0.15) is 13.8 Å². The van der Waals surface area contributed by atoms with Gasteiger partial charge in [-0.15, -0.1) is 0 Å². The quantitative estimate of drug-likeness (QED) is 0.787. The number of rotatable bonds is 7. The fourth-order valence-corrected chi connectivity index (χ4v) is 2.32. The molecule has 0 unspecified atom stereocenters. The molecule has 2 rings (SSSR count). The van der Waals surface area contributed by atoms with E-state index in [1.54, 1.807) is 32.2 Å². The van der Waals surface area contributed by atoms with Crippen molar-refractivity contribution in [3.63, 3.8) is 0 Å². The summed E-state index contributed by atoms with van der Waals surface area (Å²) in [4.78, 5) is 12.4. The summed E-state index contributed by atoms with van der Waals surface area (Å²) in [5.74, 6) is 1.16. The molecular weight excluding hydrogens is 328 g/mol. The van der Waals surface area contributed by atoms with E-state index in [-0.39, 0.29) is 5.91 Å². The van der Waals surface area contributed by atoms with Crippen molar-refractivity contribution in [1.29, 1.82) is 0 Å². The van der Waals surface area contributed by atoms with Gasteiger partial charge in [0.05, 0.1) is 19.4 Å². The van der Waals surface area contributed by atoms with Crippen molar-refractivity contribution in [2.75, 3.05) is 24.4 Å². The van der Waals surface area contributed by atoms with E-state index in [1.165, 1.54) is 0 Å². The number of carbonyl (C=O) groups excluding carboxylic acids is 1. The predicted molar refractivity (Wildman–Crippen MR) is 97.3 cm³/mol. The standard InChI is InChI=1S/C18H21ClN2O3/c1-4-24-15-8-6-14(7-9-15)20-12(2)18(22)21-16-11-13(19)5-10-17(16)23-3/h5-12,20H,4H2,1-3H3,(H,21,22)/t12-/m1/s1. The molecule has 5 nitrogen and oxygen atoms in total. The largest absolute Gasteiger partial charge is 0.495 e. The Hall–Kier alpha value is -2.40. The number of hydrogen-bond acceptors (Lipinski definition) is 4. The Labute approximate surface area is 146 Å². The maximum Gasteiger partial charge on any atom is 0.246 e. The van der Waals surface area contributed by atoms with E-state index in [0.29, 0.717) is 23.1 Å². The van der Waals surface area contributed by atoms with Crippen LogP contribution in [-0.2, 0) is 4.79 Å². The molecule has 2 aromatic carbocycles. The SMILES string of the molecule is CCOc1ccc(N[C@H](C)C(=O)Nc2cc(Cl)ccc2OC)cc1. The topological polar surface area (TPSA) is 59.6 Å². The minimum absolute atomic E-state index is 0.190. The first-order valence-corrected chi connectivity index (χ1v) is 8.05. The minimum Gasteiger partial charge on any atom is -0.495 e. The predicted octanol–water partition coefficient (Wildman–Crippen LogP) is 4.19. The summed E-state index contributed by atoms with van der Waals surface area (Å²) >= 11 is 5.97. The number of hydrogen-bond donors (Lipinski definition) is 2. The Balaban J connectivity index is 2.00. The van der Waals surface area contributed by atoms with Crippen molar-refractivity contribution >= 4 is 28.9 Å². The minimum atomic E-state index is -0.438. The van der Waals surface area contributed by atoms with Crippen LogP contribution in [0.2, 0.25) is 5.02 Å². The van der Waals surface area contributed by atoms with Gasteiger partial charge in [0.25, 0.3) is 0 Å². The van der Waals surface area contributed by atoms with Gasteiger partial charge >= 0.3 is 0 Å². The number of ether oxygens (including phenoxy) is 2. The molecule has 0 bridgehead atoms. The fraction of sp³-hybridized carbons (Fsp3) is 0.278. The van der Waals surface area contributed by atoms with Crippen LogP contribution in [0.5, 0.6) is 11.5 Å². The molecule has 1 atom stereocenters. The van der Waals surface area contributed by atoms with Crippen LogP contribution in [0.4, 0.5) is 11.4 Å². The monoisotopic (exact) mass is 348 g/mol. The average Bonchev–Trinajstić information content (AvgIpc) is 2.57. The zero-order valence-corrected chi connectivity index (χ0v) is 14.7. The van der Waals surface area contributed by atoms with Gasteiger partial charge in [-0.25, -0.2) is 0 Å². The highest BCUT2D eigenvalue weighted by molar-refractivity contribution is 6.31. The van der Waals surface area contributed by atoms with Crippen LogP contribution in [-0.4, -0.2) is 25.7 Å². The second-order valence-electron chi connectivity index (χ2n) is 5.16. The molecule has 2 aromatic rings. The van der Waals surface area contributed by atoms with E-state index in [1.807, 2.05) is 31.2 Å². The summed E-state index contributed by atoms with van der Waals surface area (Å²) in [7, 11) is 1.54. The maximum absolute atomic E-state index is 12.4. The second-order valence-corrected chi connectivity index (χ2v) is 5.59. The lowest BCUT2D eigenvalue weighted by Crippen LogP contribution is -2.32. The molecule has 0 aliphatic heterocycles. The molecule has 2 N–H and O–H groups in total. The second kappa shape index (κ2) is 8.45. The number of halogens is 1. The van der Waals surface area contributed by atoms with Crippen molar-refractivity contribution in [3.8, 4) is 11.5 Å². The fourth-order valence-electron chi connectivity index (χ4n) is 2.15. The van der Waals surface area contributed by atoms with E-state index < -0.39 is 6.04 Å². The van der Waals surface area contributed by atoms with Crippen LogP contribution >= 0.6 is 11.6 Å². The van der Waals surface area contributed by atoms with Crippen molar-refractivity contribution in [1.82, 2.24) is 0 Å². The molecule has 0 saturated heterocycles. The van der Waals surface area contributed by atoms with Crippen LogP contribution in [0, 0.1) is 0 Å². The molecule has 0 aromatic heterocycles. The lowest BCUT2D eigenvalue weighted by atomic mass is 10.2. The van der Waals surface area contributed by atoms with Gasteiger partial charge in [0.15, 0.2) is 0 Å². The van der Waals surface area contributed by atoms with E-state index in [4.69, 9.17) is 21.1 Å². The van der Waals surface area contributed by atoms with Crippen LogP contribution < -0.4 is 20.1 Å². The lowest BCUT2D eigenvalue weighted by Gasteiger charge is -2.17. The summed E-state index contributed by atoms with van der Waals surface area (Å²) in [5, 5.41) is 6.49. The number of benzene rings is 2. The Bertz CT molecular complexity index is 689. The molecule has 0 saturated carbocycles. The molecule has 6 heteroatoms. The van der Waals surface area contributed by atoms with Crippen molar-refractivity contribution in [3.05, 3.63) is 47.5 Å². The summed E-state index contributed by atoms with van der Waals surface area (Å²) in [6.07, 6.45) is 0. The number of amides is 1. The van der Waals surface area contributed by atoms with Crippen molar-refractivity contribution < 1.29 is 14.3 Å². The molecule has 0 aliphatic rings. The van der Waals surface area contributed by atoms with Gasteiger partial charge in [0.1, 0.15) is 17.5 Å². The first-order valence-electron chi connectivity index (χ1n) is 7.67. The van der Waals surface area contributed by atoms with Crippen LogP contribution in [0.3, 0.4) is 0 Å². The Kier molecular flexibility index (Phi) is 6.32. The number of anilines is 2. The number of carbonyl (C=O) groups is 1. The highest BCUT2D eigenvalue weighted by atomic mass is 35.5. The van der Waals surface area contributed by atoms with E-state index in [0.717, 1.165) is 11.4 Å².